The van der Waals surface area contributed by atoms with Crippen LogP contribution in [-0.2, 0) is 36.3 Å². The minimum Gasteiger partial charge on any atom is -0.443 e. The van der Waals surface area contributed by atoms with Crippen LogP contribution in [0, 0.1) is 13.8 Å². The van der Waals surface area contributed by atoms with Gasteiger partial charge in [-0.25, -0.2) is 9.78 Å². The average molecular weight is 431 g/mol. The number of hydrogen-bond donors (Lipinski definition) is 1. The smallest absolute Gasteiger partial charge is 0.412 e. The molecule has 0 aliphatic carbocycles. The quantitative estimate of drug-likeness (QED) is 0.520. The predicted octanol–water partition coefficient (Wildman–Crippen LogP) is 4.33. The van der Waals surface area contributed by atoms with Crippen molar-refractivity contribution in [3.8, 4) is 11.3 Å². The van der Waals surface area contributed by atoms with E-state index in [1.165, 1.54) is 5.56 Å². The largest absolute Gasteiger partial charge is 0.443 e. The number of nitrogens with zero attached hydrogens (tertiary/aromatic N) is 4. The van der Waals surface area contributed by atoms with Gasteiger partial charge < -0.3 is 14.0 Å². The third-order valence-electron chi connectivity index (χ3n) is 5.75. The highest BCUT2D eigenvalue weighted by atomic mass is 16.5. The van der Waals surface area contributed by atoms with Gasteiger partial charge >= 0.3 is 6.09 Å². The van der Waals surface area contributed by atoms with Crippen LogP contribution in [0.1, 0.15) is 22.6 Å². The van der Waals surface area contributed by atoms with E-state index in [0.717, 1.165) is 45.9 Å². The van der Waals surface area contributed by atoms with E-state index < -0.39 is 6.09 Å². The van der Waals surface area contributed by atoms with Gasteiger partial charge in [0, 0.05) is 24.8 Å². The zero-order valence-electron chi connectivity index (χ0n) is 18.4. The van der Waals surface area contributed by atoms with Crippen molar-refractivity contribution in [2.24, 2.45) is 7.05 Å². The fourth-order valence-corrected chi connectivity index (χ4v) is 4.10. The summed E-state index contributed by atoms with van der Waals surface area (Å²) in [6.07, 6.45) is -0.522. The average Bonchev–Trinajstić information content (AvgIpc) is 3.31. The summed E-state index contributed by atoms with van der Waals surface area (Å²) in [5.74, 6) is 0.904. The van der Waals surface area contributed by atoms with Gasteiger partial charge in [-0.1, -0.05) is 23.8 Å². The minimum atomic E-state index is -0.522. The van der Waals surface area contributed by atoms with E-state index in [1.807, 2.05) is 31.3 Å². The van der Waals surface area contributed by atoms with Crippen LogP contribution in [0.15, 0.2) is 42.5 Å². The van der Waals surface area contributed by atoms with E-state index in [9.17, 15) is 4.79 Å². The van der Waals surface area contributed by atoms with Crippen molar-refractivity contribution in [3.05, 3.63) is 65.1 Å². The van der Waals surface area contributed by atoms with Crippen molar-refractivity contribution in [2.75, 3.05) is 11.9 Å². The molecule has 0 fully saturated rings. The number of aromatic nitrogens is 4. The molecule has 1 aliphatic heterocycles. The van der Waals surface area contributed by atoms with Gasteiger partial charge in [-0.05, 0) is 43.7 Å². The Balaban J connectivity index is 1.26. The molecule has 164 valence electrons. The highest BCUT2D eigenvalue weighted by Gasteiger charge is 2.16. The molecule has 4 aromatic rings. The summed E-state index contributed by atoms with van der Waals surface area (Å²) >= 11 is 0. The van der Waals surface area contributed by atoms with E-state index in [2.05, 4.69) is 52.0 Å². The molecule has 0 atom stereocenters. The van der Waals surface area contributed by atoms with E-state index >= 15 is 0 Å². The number of aryl methyl sites for hydroxylation is 3. The third kappa shape index (κ3) is 3.85. The summed E-state index contributed by atoms with van der Waals surface area (Å²) in [6, 6.07) is 13.9. The number of nitrogens with one attached hydrogen (secondary N) is 1. The molecule has 1 amide bonds. The second-order valence-electron chi connectivity index (χ2n) is 8.10. The van der Waals surface area contributed by atoms with Crippen molar-refractivity contribution >= 4 is 22.8 Å². The van der Waals surface area contributed by atoms with E-state index in [-0.39, 0.29) is 6.61 Å². The first kappa shape index (κ1) is 20.3. The Kier molecular flexibility index (Phi) is 5.14. The molecule has 1 aliphatic rings. The summed E-state index contributed by atoms with van der Waals surface area (Å²) in [4.78, 5) is 17.0. The molecule has 2 aromatic carbocycles. The highest BCUT2D eigenvalue weighted by molar-refractivity contribution is 5.89. The lowest BCUT2D eigenvalue weighted by atomic mass is 10.0. The number of fused-ring (bicyclic) bond motifs is 3. The number of benzene rings is 2. The molecule has 0 bridgehead atoms. The van der Waals surface area contributed by atoms with E-state index in [1.54, 1.807) is 4.68 Å². The lowest BCUT2D eigenvalue weighted by Crippen LogP contribution is -2.16. The Morgan fingerprint density at radius 1 is 1.19 bits per heavy atom. The molecule has 0 saturated carbocycles. The highest BCUT2D eigenvalue weighted by Crippen LogP contribution is 2.25. The molecule has 0 saturated heterocycles. The zero-order valence-corrected chi connectivity index (χ0v) is 18.4. The Hall–Kier alpha value is -3.65. The number of hydrogen-bond acceptors (Lipinski definition) is 5. The zero-order chi connectivity index (χ0) is 22.2. The SMILES string of the molecule is Cc1ccc(-c2cc(COC(=O)Nc3ccc4c(c3)nc3n4CCOC3)n(C)n2)c(C)c1. The second kappa shape index (κ2) is 8.12. The van der Waals surface area contributed by atoms with Crippen LogP contribution in [0.3, 0.4) is 0 Å². The Bertz CT molecular complexity index is 1320. The fourth-order valence-electron chi connectivity index (χ4n) is 4.10. The van der Waals surface area contributed by atoms with Crippen LogP contribution in [0.5, 0.6) is 0 Å². The molecular formula is C24H25N5O3. The van der Waals surface area contributed by atoms with Gasteiger partial charge in [0.1, 0.15) is 19.0 Å². The van der Waals surface area contributed by atoms with Gasteiger partial charge in [0.2, 0.25) is 0 Å². The van der Waals surface area contributed by atoms with Crippen LogP contribution in [0.25, 0.3) is 22.3 Å². The molecule has 2 aromatic heterocycles. The molecule has 0 spiro atoms. The van der Waals surface area contributed by atoms with Crippen molar-refractivity contribution in [1.29, 1.82) is 0 Å². The molecule has 0 unspecified atom stereocenters. The van der Waals surface area contributed by atoms with E-state index in [4.69, 9.17) is 9.47 Å². The summed E-state index contributed by atoms with van der Waals surface area (Å²) < 4.78 is 14.8. The molecule has 8 nitrogen and oxygen atoms in total. The van der Waals surface area contributed by atoms with Gasteiger partial charge in [-0.2, -0.15) is 5.10 Å². The number of rotatable bonds is 4. The summed E-state index contributed by atoms with van der Waals surface area (Å²) in [7, 11) is 1.85. The summed E-state index contributed by atoms with van der Waals surface area (Å²) in [5, 5.41) is 7.37. The molecular weight excluding hydrogens is 406 g/mol. The van der Waals surface area contributed by atoms with E-state index in [0.29, 0.717) is 18.9 Å². The lowest BCUT2D eigenvalue weighted by Gasteiger charge is -2.14. The molecule has 5 rings (SSSR count). The normalized spacial score (nSPS) is 13.2. The van der Waals surface area contributed by atoms with Crippen molar-refractivity contribution in [2.45, 2.75) is 33.6 Å². The van der Waals surface area contributed by atoms with Crippen LogP contribution in [0.2, 0.25) is 0 Å². The van der Waals surface area contributed by atoms with Crippen LogP contribution >= 0.6 is 0 Å². The van der Waals surface area contributed by atoms with Crippen molar-refractivity contribution in [3.63, 3.8) is 0 Å². The molecule has 32 heavy (non-hydrogen) atoms. The second-order valence-corrected chi connectivity index (χ2v) is 8.10. The maximum Gasteiger partial charge on any atom is 0.412 e. The number of amides is 1. The minimum absolute atomic E-state index is 0.124. The first-order valence-electron chi connectivity index (χ1n) is 10.6. The van der Waals surface area contributed by atoms with Crippen molar-refractivity contribution < 1.29 is 14.3 Å². The third-order valence-corrected chi connectivity index (χ3v) is 5.75. The summed E-state index contributed by atoms with van der Waals surface area (Å²) in [6.45, 7) is 6.24. The van der Waals surface area contributed by atoms with Crippen LogP contribution in [0.4, 0.5) is 10.5 Å². The molecule has 1 N–H and O–H groups in total. The Labute approximate surface area is 185 Å². The maximum absolute atomic E-state index is 12.4. The number of carbonyl (C=O) groups excluding carboxylic acids is 1. The number of ether oxygens (including phenoxy) is 2. The summed E-state index contributed by atoms with van der Waals surface area (Å²) in [5.41, 5.74) is 7.63. The van der Waals surface area contributed by atoms with Gasteiger partial charge in [0.15, 0.2) is 0 Å². The van der Waals surface area contributed by atoms with Gasteiger partial charge in [0.25, 0.3) is 0 Å². The number of carbonyl (C=O) groups is 1. The van der Waals surface area contributed by atoms with Gasteiger partial charge in [-0.15, -0.1) is 0 Å². The van der Waals surface area contributed by atoms with Crippen LogP contribution in [-0.4, -0.2) is 32.0 Å². The Morgan fingerprint density at radius 3 is 2.91 bits per heavy atom. The first-order chi connectivity index (χ1) is 15.5. The monoisotopic (exact) mass is 431 g/mol. The maximum atomic E-state index is 12.4. The van der Waals surface area contributed by atoms with Crippen LogP contribution < -0.4 is 5.32 Å². The van der Waals surface area contributed by atoms with Gasteiger partial charge in [0.05, 0.1) is 29.0 Å². The predicted molar refractivity (Wildman–Crippen MR) is 121 cm³/mol. The number of anilines is 1. The number of imidazole rings is 1. The standard InChI is InChI=1S/C24H25N5O3/c1-15-4-6-19(16(2)10-15)20-12-18(28(3)27-20)13-32-24(30)25-17-5-7-22-21(11-17)26-23-14-31-9-8-29(22)23/h4-7,10-12H,8-9,13-14H2,1-3H3,(H,25,30). The Morgan fingerprint density at radius 2 is 2.06 bits per heavy atom. The van der Waals surface area contributed by atoms with Crippen molar-refractivity contribution in [1.82, 2.24) is 19.3 Å². The van der Waals surface area contributed by atoms with Gasteiger partial charge in [-0.3, -0.25) is 10.00 Å². The molecule has 0 radical (unpaired) electrons. The fraction of sp³-hybridized carbons (Fsp3) is 0.292. The molecule has 8 heteroatoms. The lowest BCUT2D eigenvalue weighted by molar-refractivity contribution is 0.0830. The molecule has 3 heterocycles. The first-order valence-corrected chi connectivity index (χ1v) is 10.6. The topological polar surface area (TPSA) is 83.2 Å².